The van der Waals surface area contributed by atoms with E-state index in [1.807, 2.05) is 0 Å². The minimum absolute atomic E-state index is 0.0775. The molecule has 9 nitrogen and oxygen atoms in total. The van der Waals surface area contributed by atoms with Crippen LogP contribution in [0.2, 0.25) is 0 Å². The lowest BCUT2D eigenvalue weighted by Gasteiger charge is -2.43. The Balaban J connectivity index is 1.68. The largest absolute Gasteiger partial charge is 0.465 e. The summed E-state index contributed by atoms with van der Waals surface area (Å²) < 4.78 is 10.2. The van der Waals surface area contributed by atoms with Gasteiger partial charge < -0.3 is 19.4 Å². The number of likely N-dealkylation sites (N-methyl/N-ethyl adjacent to an activating group) is 1. The Morgan fingerprint density at radius 1 is 1.32 bits per heavy atom. The van der Waals surface area contributed by atoms with E-state index >= 15 is 0 Å². The van der Waals surface area contributed by atoms with Crippen molar-refractivity contribution < 1.29 is 28.3 Å². The topological polar surface area (TPSA) is 109 Å². The molecular weight excluding hydrogens is 402 g/mol. The fourth-order valence-corrected chi connectivity index (χ4v) is 5.16. The average molecular weight is 434 g/mol. The van der Waals surface area contributed by atoms with Crippen molar-refractivity contribution in [2.45, 2.75) is 59.0 Å². The van der Waals surface area contributed by atoms with Crippen LogP contribution in [0, 0.1) is 18.3 Å². The number of hydrogen-bond donors (Lipinski definition) is 1. The van der Waals surface area contributed by atoms with Gasteiger partial charge in [-0.15, -0.1) is 0 Å². The molecule has 1 spiro atoms. The third-order valence-electron chi connectivity index (χ3n) is 6.11. The summed E-state index contributed by atoms with van der Waals surface area (Å²) in [6, 6.07) is 0.998. The number of hydrogen-bond acceptors (Lipinski definition) is 6. The molecule has 1 aromatic rings. The van der Waals surface area contributed by atoms with Crippen LogP contribution in [0.1, 0.15) is 61.9 Å². The van der Waals surface area contributed by atoms with Gasteiger partial charge in [-0.1, -0.05) is 20.8 Å². The van der Waals surface area contributed by atoms with Gasteiger partial charge in [-0.25, -0.2) is 9.59 Å². The van der Waals surface area contributed by atoms with Crippen molar-refractivity contribution in [3.05, 3.63) is 23.2 Å². The van der Waals surface area contributed by atoms with E-state index in [1.165, 1.54) is 18.1 Å². The number of methoxy groups -OCH3 is 1. The summed E-state index contributed by atoms with van der Waals surface area (Å²) in [7, 11) is 2.83. The second kappa shape index (κ2) is 8.01. The second-order valence-electron chi connectivity index (χ2n) is 9.68. The SMILES string of the molecule is COC(=O)c1cc(CN(C)C(=O)CN2C(=O)NC3(CC(C)CC(C)(C)C3)C2=O)oc1C. The number of carbonyl (C=O) groups is 4. The summed E-state index contributed by atoms with van der Waals surface area (Å²) in [5.41, 5.74) is -0.722. The number of imide groups is 1. The van der Waals surface area contributed by atoms with Gasteiger partial charge in [-0.2, -0.15) is 0 Å². The lowest BCUT2D eigenvalue weighted by atomic mass is 9.64. The van der Waals surface area contributed by atoms with Crippen molar-refractivity contribution in [3.63, 3.8) is 0 Å². The minimum atomic E-state index is -0.940. The highest BCUT2D eigenvalue weighted by molar-refractivity contribution is 6.09. The highest BCUT2D eigenvalue weighted by atomic mass is 16.5. The molecule has 2 unspecified atom stereocenters. The standard InChI is InChI=1S/C22H31N3O6/c1-13-8-21(3,4)12-22(9-13)19(28)25(20(29)23-22)11-17(26)24(5)10-15-7-16(14(2)31-15)18(27)30-6/h7,13H,8-12H2,1-6H3,(H,23,29). The van der Waals surface area contributed by atoms with Crippen molar-refractivity contribution in [2.75, 3.05) is 20.7 Å². The van der Waals surface area contributed by atoms with Gasteiger partial charge in [0.05, 0.1) is 13.7 Å². The van der Waals surface area contributed by atoms with Crippen LogP contribution < -0.4 is 5.32 Å². The summed E-state index contributed by atoms with van der Waals surface area (Å²) in [6.45, 7) is 7.66. The Kier molecular flexibility index (Phi) is 5.90. The highest BCUT2D eigenvalue weighted by Gasteiger charge is 2.56. The lowest BCUT2D eigenvalue weighted by Crippen LogP contribution is -2.54. The van der Waals surface area contributed by atoms with Gasteiger partial charge in [0.25, 0.3) is 5.91 Å². The van der Waals surface area contributed by atoms with Gasteiger partial charge in [-0.3, -0.25) is 14.5 Å². The van der Waals surface area contributed by atoms with Crippen molar-refractivity contribution in [1.29, 1.82) is 0 Å². The molecule has 1 aliphatic carbocycles. The maximum Gasteiger partial charge on any atom is 0.341 e. The Bertz CT molecular complexity index is 920. The molecule has 3 rings (SSSR count). The maximum atomic E-state index is 13.2. The maximum absolute atomic E-state index is 13.2. The Hall–Kier alpha value is -2.84. The van der Waals surface area contributed by atoms with E-state index in [4.69, 9.17) is 9.15 Å². The molecule has 1 N–H and O–H groups in total. The molecule has 31 heavy (non-hydrogen) atoms. The van der Waals surface area contributed by atoms with E-state index in [2.05, 4.69) is 26.1 Å². The van der Waals surface area contributed by atoms with E-state index < -0.39 is 23.4 Å². The second-order valence-corrected chi connectivity index (χ2v) is 9.68. The molecule has 2 heterocycles. The van der Waals surface area contributed by atoms with Crippen LogP contribution in [0.3, 0.4) is 0 Å². The number of esters is 1. The van der Waals surface area contributed by atoms with Crippen molar-refractivity contribution in [2.24, 2.45) is 11.3 Å². The molecule has 2 aliphatic rings. The van der Waals surface area contributed by atoms with Gasteiger partial charge >= 0.3 is 12.0 Å². The number of carbonyl (C=O) groups excluding carboxylic acids is 4. The first kappa shape index (κ1) is 22.8. The third kappa shape index (κ3) is 4.45. The number of ether oxygens (including phenoxy) is 1. The average Bonchev–Trinajstić information content (AvgIpc) is 3.11. The zero-order valence-corrected chi connectivity index (χ0v) is 19.0. The highest BCUT2D eigenvalue weighted by Crippen LogP contribution is 2.46. The Morgan fingerprint density at radius 3 is 2.61 bits per heavy atom. The lowest BCUT2D eigenvalue weighted by molar-refractivity contribution is -0.140. The van der Waals surface area contributed by atoms with Gasteiger partial charge in [0.15, 0.2) is 0 Å². The molecule has 0 bridgehead atoms. The van der Waals surface area contributed by atoms with E-state index in [9.17, 15) is 19.2 Å². The fraction of sp³-hybridized carbons (Fsp3) is 0.636. The number of furan rings is 1. The number of amides is 4. The van der Waals surface area contributed by atoms with Crippen molar-refractivity contribution in [3.8, 4) is 0 Å². The van der Waals surface area contributed by atoms with Crippen LogP contribution >= 0.6 is 0 Å². The van der Waals surface area contributed by atoms with Crippen molar-refractivity contribution in [1.82, 2.24) is 15.1 Å². The monoisotopic (exact) mass is 433 g/mol. The number of urea groups is 1. The van der Waals surface area contributed by atoms with E-state index in [1.54, 1.807) is 14.0 Å². The summed E-state index contributed by atoms with van der Waals surface area (Å²) in [5, 5.41) is 2.88. The fourth-order valence-electron chi connectivity index (χ4n) is 5.16. The Morgan fingerprint density at radius 2 is 2.00 bits per heavy atom. The molecular formula is C22H31N3O6. The van der Waals surface area contributed by atoms with Crippen LogP contribution in [0.15, 0.2) is 10.5 Å². The molecule has 9 heteroatoms. The van der Waals surface area contributed by atoms with Crippen LogP contribution in [-0.4, -0.2) is 59.9 Å². The summed E-state index contributed by atoms with van der Waals surface area (Å²) in [6.07, 6.45) is 2.11. The molecule has 1 saturated carbocycles. The van der Waals surface area contributed by atoms with Gasteiger partial charge in [0.2, 0.25) is 5.91 Å². The first-order valence-electron chi connectivity index (χ1n) is 10.4. The molecule has 0 radical (unpaired) electrons. The summed E-state index contributed by atoms with van der Waals surface area (Å²) in [5.74, 6) is -0.163. The number of nitrogens with zero attached hydrogens (tertiary/aromatic N) is 2. The van der Waals surface area contributed by atoms with Crippen LogP contribution in [-0.2, 0) is 20.9 Å². The molecule has 2 atom stereocenters. The van der Waals surface area contributed by atoms with Gasteiger partial charge in [0, 0.05) is 7.05 Å². The smallest absolute Gasteiger partial charge is 0.341 e. The molecule has 2 fully saturated rings. The molecule has 0 aromatic carbocycles. The Labute approximate surface area is 182 Å². The molecule has 1 aromatic heterocycles. The summed E-state index contributed by atoms with van der Waals surface area (Å²) >= 11 is 0. The molecule has 1 aliphatic heterocycles. The molecule has 170 valence electrons. The quantitative estimate of drug-likeness (QED) is 0.564. The van der Waals surface area contributed by atoms with E-state index in [0.717, 1.165) is 11.3 Å². The molecule has 4 amide bonds. The first-order valence-corrected chi connectivity index (χ1v) is 10.4. The molecule has 1 saturated heterocycles. The van der Waals surface area contributed by atoms with Crippen molar-refractivity contribution >= 4 is 23.8 Å². The van der Waals surface area contributed by atoms with Crippen LogP contribution in [0.5, 0.6) is 0 Å². The number of rotatable bonds is 5. The zero-order valence-electron chi connectivity index (χ0n) is 19.0. The number of aryl methyl sites for hydroxylation is 1. The van der Waals surface area contributed by atoms with E-state index in [-0.39, 0.29) is 30.3 Å². The normalized spacial score (nSPS) is 25.0. The van der Waals surface area contributed by atoms with Gasteiger partial charge in [-0.05, 0) is 43.6 Å². The first-order chi connectivity index (χ1) is 14.4. The number of nitrogens with one attached hydrogen (secondary N) is 1. The minimum Gasteiger partial charge on any atom is -0.465 e. The zero-order chi connectivity index (χ0) is 23.1. The van der Waals surface area contributed by atoms with Gasteiger partial charge in [0.1, 0.15) is 29.2 Å². The van der Waals surface area contributed by atoms with Crippen LogP contribution in [0.25, 0.3) is 0 Å². The van der Waals surface area contributed by atoms with Crippen LogP contribution in [0.4, 0.5) is 4.79 Å². The van der Waals surface area contributed by atoms with E-state index in [0.29, 0.717) is 29.9 Å². The third-order valence-corrected chi connectivity index (χ3v) is 6.11. The predicted molar refractivity (Wildman–Crippen MR) is 111 cm³/mol. The summed E-state index contributed by atoms with van der Waals surface area (Å²) in [4.78, 5) is 52.7. The predicted octanol–water partition coefficient (Wildman–Crippen LogP) is 2.47.